The summed E-state index contributed by atoms with van der Waals surface area (Å²) in [4.78, 5) is 0. The van der Waals surface area contributed by atoms with Gasteiger partial charge in [0.25, 0.3) is 0 Å². The summed E-state index contributed by atoms with van der Waals surface area (Å²) in [6.07, 6.45) is 7.05. The summed E-state index contributed by atoms with van der Waals surface area (Å²) < 4.78 is 14.5. The molecule has 0 aliphatic heterocycles. The molecule has 120 valence electrons. The van der Waals surface area contributed by atoms with Crippen molar-refractivity contribution in [1.29, 1.82) is 0 Å². The average molecular weight is 367 g/mol. The Labute approximate surface area is 140 Å². The maximum atomic E-state index is 14.0. The molecule has 5 rings (SSSR count). The lowest BCUT2D eigenvalue weighted by Crippen LogP contribution is -2.60. The van der Waals surface area contributed by atoms with Crippen LogP contribution in [0.4, 0.5) is 4.39 Å². The van der Waals surface area contributed by atoms with Gasteiger partial charge in [-0.15, -0.1) is 0 Å². The summed E-state index contributed by atoms with van der Waals surface area (Å²) in [6, 6.07) is 2.95. The molecule has 1 aromatic carbocycles. The molecule has 4 fully saturated rings. The van der Waals surface area contributed by atoms with Crippen molar-refractivity contribution in [2.45, 2.75) is 64.7 Å². The summed E-state index contributed by atoms with van der Waals surface area (Å²) >= 11 is 3.33. The molecule has 1 nitrogen and oxygen atoms in total. The second-order valence-electron chi connectivity index (χ2n) is 9.56. The van der Waals surface area contributed by atoms with Crippen LogP contribution in [0.15, 0.2) is 16.6 Å². The number of benzene rings is 1. The molecular formula is C19H24BrFO. The number of phenolic OH excluding ortho intramolecular Hbond substituents is 1. The van der Waals surface area contributed by atoms with Gasteiger partial charge in [-0.3, -0.25) is 0 Å². The highest BCUT2D eigenvalue weighted by Gasteiger charge is 2.64. The van der Waals surface area contributed by atoms with E-state index in [2.05, 4.69) is 36.7 Å². The lowest BCUT2D eigenvalue weighted by molar-refractivity contribution is -0.152. The number of rotatable bonds is 1. The van der Waals surface area contributed by atoms with Gasteiger partial charge in [0.1, 0.15) is 11.6 Å². The molecule has 0 heterocycles. The summed E-state index contributed by atoms with van der Waals surface area (Å²) in [6.45, 7) is 7.21. The largest absolute Gasteiger partial charge is 0.506 e. The van der Waals surface area contributed by atoms with Crippen molar-refractivity contribution in [3.05, 3.63) is 28.0 Å². The predicted molar refractivity (Wildman–Crippen MR) is 89.5 cm³/mol. The number of hydrogen-bond donors (Lipinski definition) is 1. The lowest BCUT2D eigenvalue weighted by Gasteiger charge is -2.69. The molecule has 0 unspecified atom stereocenters. The van der Waals surface area contributed by atoms with E-state index in [0.717, 1.165) is 24.8 Å². The monoisotopic (exact) mass is 366 g/mol. The van der Waals surface area contributed by atoms with Gasteiger partial charge >= 0.3 is 0 Å². The van der Waals surface area contributed by atoms with Gasteiger partial charge in [-0.2, -0.15) is 0 Å². The van der Waals surface area contributed by atoms with Crippen LogP contribution < -0.4 is 0 Å². The Morgan fingerprint density at radius 3 is 1.82 bits per heavy atom. The van der Waals surface area contributed by atoms with Gasteiger partial charge in [0.05, 0.1) is 4.47 Å². The van der Waals surface area contributed by atoms with E-state index in [9.17, 15) is 9.50 Å². The SMILES string of the molecule is CC12CC3(C)CC(C)(C1)CC(c1cc(F)cc(Br)c1O)(C2)C3. The fourth-order valence-electron chi connectivity index (χ4n) is 7.55. The van der Waals surface area contributed by atoms with E-state index in [0.29, 0.717) is 20.7 Å². The minimum absolute atomic E-state index is 0.0678. The molecule has 4 aliphatic carbocycles. The third-order valence-corrected chi connectivity index (χ3v) is 7.06. The van der Waals surface area contributed by atoms with Crippen LogP contribution in [0.3, 0.4) is 0 Å². The summed E-state index contributed by atoms with van der Waals surface area (Å²) in [5, 5.41) is 10.6. The van der Waals surface area contributed by atoms with Crippen molar-refractivity contribution in [3.8, 4) is 5.75 Å². The minimum atomic E-state index is -0.254. The minimum Gasteiger partial charge on any atom is -0.506 e. The van der Waals surface area contributed by atoms with Crippen LogP contribution >= 0.6 is 15.9 Å². The van der Waals surface area contributed by atoms with Gasteiger partial charge < -0.3 is 5.11 Å². The van der Waals surface area contributed by atoms with Crippen LogP contribution in [0.1, 0.15) is 64.9 Å². The first kappa shape index (κ1) is 15.0. The van der Waals surface area contributed by atoms with Gasteiger partial charge in [-0.05, 0) is 82.8 Å². The Morgan fingerprint density at radius 2 is 1.36 bits per heavy atom. The Morgan fingerprint density at radius 1 is 0.909 bits per heavy atom. The average Bonchev–Trinajstić information content (AvgIpc) is 2.27. The molecule has 1 N–H and O–H groups in total. The molecule has 0 atom stereocenters. The van der Waals surface area contributed by atoms with Crippen molar-refractivity contribution in [2.24, 2.45) is 16.2 Å². The van der Waals surface area contributed by atoms with Gasteiger partial charge in [0, 0.05) is 11.0 Å². The highest BCUT2D eigenvalue weighted by atomic mass is 79.9. The zero-order chi connectivity index (χ0) is 16.0. The molecular weight excluding hydrogens is 343 g/mol. The van der Waals surface area contributed by atoms with E-state index in [1.165, 1.54) is 25.3 Å². The van der Waals surface area contributed by atoms with Crippen LogP contribution in [0.5, 0.6) is 5.75 Å². The highest BCUT2D eigenvalue weighted by Crippen LogP contribution is 2.74. The van der Waals surface area contributed by atoms with Gasteiger partial charge in [-0.1, -0.05) is 20.8 Å². The first-order valence-corrected chi connectivity index (χ1v) is 9.04. The fraction of sp³-hybridized carbons (Fsp3) is 0.684. The van der Waals surface area contributed by atoms with Crippen LogP contribution in [0.2, 0.25) is 0 Å². The zero-order valence-corrected chi connectivity index (χ0v) is 15.2. The second kappa shape index (κ2) is 4.09. The standard InChI is InChI=1S/C19H24BrFO/c1-16-6-17(2)8-18(3,7-16)11-19(9-16,10-17)13-4-12(21)5-14(20)15(13)22/h4-5,22H,6-11H2,1-3H3. The molecule has 3 heteroatoms. The van der Waals surface area contributed by atoms with E-state index in [1.807, 2.05) is 0 Å². The summed E-state index contributed by atoms with van der Waals surface area (Å²) in [5.41, 5.74) is 1.74. The molecule has 22 heavy (non-hydrogen) atoms. The first-order valence-electron chi connectivity index (χ1n) is 8.25. The summed E-state index contributed by atoms with van der Waals surface area (Å²) in [7, 11) is 0. The number of aromatic hydroxyl groups is 1. The molecule has 0 aromatic heterocycles. The molecule has 1 aromatic rings. The lowest BCUT2D eigenvalue weighted by atomic mass is 9.35. The number of halogens is 2. The molecule has 4 saturated carbocycles. The van der Waals surface area contributed by atoms with Gasteiger partial charge in [0.2, 0.25) is 0 Å². The number of phenols is 1. The zero-order valence-electron chi connectivity index (χ0n) is 13.6. The van der Waals surface area contributed by atoms with Crippen molar-refractivity contribution in [1.82, 2.24) is 0 Å². The Bertz CT molecular complexity index is 614. The van der Waals surface area contributed by atoms with E-state index in [4.69, 9.17) is 0 Å². The smallest absolute Gasteiger partial charge is 0.133 e. The Balaban J connectivity index is 1.92. The molecule has 0 amide bonds. The summed E-state index contributed by atoms with van der Waals surface area (Å²) in [5.74, 6) is -0.00460. The van der Waals surface area contributed by atoms with Crippen LogP contribution in [-0.4, -0.2) is 5.11 Å². The topological polar surface area (TPSA) is 20.2 Å². The van der Waals surface area contributed by atoms with Gasteiger partial charge in [-0.25, -0.2) is 4.39 Å². The quantitative estimate of drug-likeness (QED) is 0.652. The van der Waals surface area contributed by atoms with Crippen LogP contribution in [0, 0.1) is 22.1 Å². The highest BCUT2D eigenvalue weighted by molar-refractivity contribution is 9.10. The maximum absolute atomic E-state index is 14.0. The number of hydrogen-bond acceptors (Lipinski definition) is 1. The second-order valence-corrected chi connectivity index (χ2v) is 10.4. The fourth-order valence-corrected chi connectivity index (χ4v) is 7.98. The van der Waals surface area contributed by atoms with Crippen molar-refractivity contribution in [2.75, 3.05) is 0 Å². The third-order valence-electron chi connectivity index (χ3n) is 6.46. The Kier molecular flexibility index (Phi) is 2.79. The Hall–Kier alpha value is -0.570. The van der Waals surface area contributed by atoms with Crippen LogP contribution in [0.25, 0.3) is 0 Å². The van der Waals surface area contributed by atoms with E-state index in [-0.39, 0.29) is 17.0 Å². The molecule has 0 saturated heterocycles. The molecule has 4 aliphatic rings. The molecule has 0 spiro atoms. The normalized spacial score (nSPS) is 46.2. The van der Waals surface area contributed by atoms with Crippen molar-refractivity contribution in [3.63, 3.8) is 0 Å². The van der Waals surface area contributed by atoms with E-state index >= 15 is 0 Å². The van der Waals surface area contributed by atoms with E-state index in [1.54, 1.807) is 6.07 Å². The third kappa shape index (κ3) is 2.00. The van der Waals surface area contributed by atoms with Gasteiger partial charge in [0.15, 0.2) is 0 Å². The predicted octanol–water partition coefficient (Wildman–Crippen LogP) is 5.93. The molecule has 4 bridgehead atoms. The molecule has 0 radical (unpaired) electrons. The maximum Gasteiger partial charge on any atom is 0.133 e. The van der Waals surface area contributed by atoms with Crippen molar-refractivity contribution < 1.29 is 9.50 Å². The van der Waals surface area contributed by atoms with Crippen LogP contribution in [-0.2, 0) is 5.41 Å². The first-order chi connectivity index (χ1) is 10.1. The van der Waals surface area contributed by atoms with Crippen molar-refractivity contribution >= 4 is 15.9 Å². The van der Waals surface area contributed by atoms with E-state index < -0.39 is 0 Å².